The van der Waals surface area contributed by atoms with Crippen LogP contribution in [0.2, 0.25) is 5.02 Å². The van der Waals surface area contributed by atoms with E-state index in [2.05, 4.69) is 9.71 Å². The first-order chi connectivity index (χ1) is 11.5. The van der Waals surface area contributed by atoms with E-state index in [0.29, 0.717) is 28.3 Å². The average Bonchev–Trinajstić information content (AvgIpc) is 2.43. The number of nitrogens with zero attached hydrogens (tertiary/aromatic N) is 1. The third-order valence-electron chi connectivity index (χ3n) is 3.47. The molecule has 2 aromatic carbocycles. The largest absolute Gasteiger partial charge is 0.466 e. The molecule has 5 nitrogen and oxygen atoms in total. The maximum absolute atomic E-state index is 13.4. The van der Waals surface area contributed by atoms with Crippen LogP contribution in [0.1, 0.15) is 25.0 Å². The fourth-order valence-corrected chi connectivity index (χ4v) is 3.40. The van der Waals surface area contributed by atoms with E-state index in [9.17, 15) is 12.8 Å². The zero-order valence-electron chi connectivity index (χ0n) is 13.8. The number of fused-ring (bicyclic) bond motifs is 1. The van der Waals surface area contributed by atoms with E-state index in [1.165, 1.54) is 12.1 Å². The topological polar surface area (TPSA) is 67.8 Å². The van der Waals surface area contributed by atoms with Crippen LogP contribution in [-0.2, 0) is 10.0 Å². The molecule has 25 heavy (non-hydrogen) atoms. The number of nitrogens with one attached hydrogen (secondary N) is 1. The van der Waals surface area contributed by atoms with Gasteiger partial charge in [-0.2, -0.15) is 0 Å². The lowest BCUT2D eigenvalue weighted by atomic mass is 9.98. The molecular formula is C17H16ClFN2O3S. The summed E-state index contributed by atoms with van der Waals surface area (Å²) in [7, 11) is -3.41. The SMILES string of the molecule is CC1(C)N=C(c2ccc(F)cc2Cl)c2ccc(NS(C)(=O)=O)cc2O1. The number of benzene rings is 2. The van der Waals surface area contributed by atoms with Crippen LogP contribution in [0.25, 0.3) is 0 Å². The first kappa shape index (κ1) is 17.7. The molecule has 1 aliphatic heterocycles. The van der Waals surface area contributed by atoms with Crippen LogP contribution < -0.4 is 9.46 Å². The van der Waals surface area contributed by atoms with Crippen molar-refractivity contribution in [3.8, 4) is 5.75 Å². The average molecular weight is 383 g/mol. The fraction of sp³-hybridized carbons (Fsp3) is 0.235. The number of sulfonamides is 1. The number of hydrogen-bond donors (Lipinski definition) is 1. The third-order valence-corrected chi connectivity index (χ3v) is 4.39. The molecular weight excluding hydrogens is 367 g/mol. The minimum absolute atomic E-state index is 0.237. The molecule has 0 fully saturated rings. The predicted octanol–water partition coefficient (Wildman–Crippen LogP) is 3.82. The molecule has 0 amide bonds. The summed E-state index contributed by atoms with van der Waals surface area (Å²) < 4.78 is 44.5. The molecule has 0 bridgehead atoms. The molecule has 1 aliphatic rings. The van der Waals surface area contributed by atoms with Gasteiger partial charge in [0.1, 0.15) is 11.6 Å². The summed E-state index contributed by atoms with van der Waals surface area (Å²) in [6.45, 7) is 3.54. The van der Waals surface area contributed by atoms with Gasteiger partial charge in [-0.15, -0.1) is 0 Å². The van der Waals surface area contributed by atoms with Crippen LogP contribution in [0.5, 0.6) is 5.75 Å². The van der Waals surface area contributed by atoms with Crippen LogP contribution in [0, 0.1) is 5.82 Å². The third kappa shape index (κ3) is 3.93. The first-order valence-corrected chi connectivity index (χ1v) is 9.67. The Morgan fingerprint density at radius 2 is 1.84 bits per heavy atom. The van der Waals surface area contributed by atoms with Crippen LogP contribution in [-0.4, -0.2) is 26.1 Å². The van der Waals surface area contributed by atoms with E-state index in [0.717, 1.165) is 6.26 Å². The van der Waals surface area contributed by atoms with Crippen molar-refractivity contribution in [3.05, 3.63) is 58.4 Å². The van der Waals surface area contributed by atoms with Gasteiger partial charge in [-0.05, 0) is 44.2 Å². The van der Waals surface area contributed by atoms with E-state index in [4.69, 9.17) is 16.3 Å². The summed E-state index contributed by atoms with van der Waals surface area (Å²) in [4.78, 5) is 4.57. The molecule has 8 heteroatoms. The number of ether oxygens (including phenoxy) is 1. The summed E-state index contributed by atoms with van der Waals surface area (Å²) in [6, 6.07) is 8.98. The molecule has 132 valence electrons. The predicted molar refractivity (Wildman–Crippen MR) is 96.7 cm³/mol. The summed E-state index contributed by atoms with van der Waals surface area (Å²) in [5.74, 6) is 0.0256. The van der Waals surface area contributed by atoms with Crippen molar-refractivity contribution in [1.82, 2.24) is 0 Å². The summed E-state index contributed by atoms with van der Waals surface area (Å²) in [6.07, 6.45) is 1.07. The van der Waals surface area contributed by atoms with Crippen LogP contribution in [0.15, 0.2) is 41.4 Å². The highest BCUT2D eigenvalue weighted by molar-refractivity contribution is 7.92. The molecule has 0 aliphatic carbocycles. The van der Waals surface area contributed by atoms with Crippen molar-refractivity contribution in [1.29, 1.82) is 0 Å². The van der Waals surface area contributed by atoms with E-state index in [1.807, 2.05) is 0 Å². The molecule has 0 radical (unpaired) electrons. The minimum Gasteiger partial charge on any atom is -0.466 e. The number of anilines is 1. The molecule has 3 rings (SSSR count). The van der Waals surface area contributed by atoms with Gasteiger partial charge in [0.2, 0.25) is 10.0 Å². The van der Waals surface area contributed by atoms with Gasteiger partial charge in [-0.1, -0.05) is 11.6 Å². The smallest absolute Gasteiger partial charge is 0.229 e. The number of aliphatic imine (C=N–C) groups is 1. The number of halogens is 2. The van der Waals surface area contributed by atoms with Gasteiger partial charge in [-0.25, -0.2) is 17.8 Å². The van der Waals surface area contributed by atoms with Crippen LogP contribution in [0.4, 0.5) is 10.1 Å². The monoisotopic (exact) mass is 382 g/mol. The Bertz CT molecular complexity index is 987. The highest BCUT2D eigenvalue weighted by Crippen LogP contribution is 2.36. The van der Waals surface area contributed by atoms with Gasteiger partial charge >= 0.3 is 0 Å². The lowest BCUT2D eigenvalue weighted by Crippen LogP contribution is -2.32. The van der Waals surface area contributed by atoms with Gasteiger partial charge in [0.05, 0.1) is 22.7 Å². The van der Waals surface area contributed by atoms with Gasteiger partial charge in [0, 0.05) is 17.2 Å². The molecule has 2 aromatic rings. The number of rotatable bonds is 3. The van der Waals surface area contributed by atoms with Gasteiger partial charge < -0.3 is 4.74 Å². The molecule has 1 N–H and O–H groups in total. The van der Waals surface area contributed by atoms with E-state index >= 15 is 0 Å². The molecule has 0 saturated carbocycles. The normalized spacial score (nSPS) is 15.8. The molecule has 0 saturated heterocycles. The molecule has 0 aromatic heterocycles. The molecule has 1 heterocycles. The first-order valence-electron chi connectivity index (χ1n) is 7.41. The zero-order chi connectivity index (χ0) is 18.4. The standard InChI is InChI=1S/C17H16ClFN2O3S/c1-17(2)20-16(12-6-4-10(19)8-14(12)18)13-7-5-11(9-15(13)24-17)21-25(3,22)23/h4-9,21H,1-3H3. The number of hydrogen-bond acceptors (Lipinski definition) is 4. The second-order valence-corrected chi connectivity index (χ2v) is 8.37. The lowest BCUT2D eigenvalue weighted by molar-refractivity contribution is 0.115. The van der Waals surface area contributed by atoms with Crippen molar-refractivity contribution in [2.45, 2.75) is 19.6 Å². The quantitative estimate of drug-likeness (QED) is 0.877. The van der Waals surface area contributed by atoms with Gasteiger partial charge in [-0.3, -0.25) is 4.72 Å². The second-order valence-electron chi connectivity index (χ2n) is 6.22. The summed E-state index contributed by atoms with van der Waals surface area (Å²) in [5.41, 5.74) is 1.27. The Kier molecular flexibility index (Phi) is 4.25. The van der Waals surface area contributed by atoms with Crippen molar-refractivity contribution in [2.75, 3.05) is 11.0 Å². The Hall–Kier alpha value is -2.12. The molecule has 0 atom stereocenters. The Balaban J connectivity index is 2.14. The van der Waals surface area contributed by atoms with Crippen molar-refractivity contribution >= 4 is 33.0 Å². The molecule has 0 spiro atoms. The second kappa shape index (κ2) is 6.00. The maximum atomic E-state index is 13.4. The Morgan fingerprint density at radius 1 is 1.16 bits per heavy atom. The van der Waals surface area contributed by atoms with E-state index < -0.39 is 21.6 Å². The van der Waals surface area contributed by atoms with Crippen molar-refractivity contribution in [2.24, 2.45) is 4.99 Å². The van der Waals surface area contributed by atoms with E-state index in [1.54, 1.807) is 38.1 Å². The summed E-state index contributed by atoms with van der Waals surface area (Å²) >= 11 is 6.19. The highest BCUT2D eigenvalue weighted by atomic mass is 35.5. The van der Waals surface area contributed by atoms with Crippen LogP contribution >= 0.6 is 11.6 Å². The summed E-state index contributed by atoms with van der Waals surface area (Å²) in [5, 5.41) is 0.237. The molecule has 0 unspecified atom stereocenters. The van der Waals surface area contributed by atoms with Crippen LogP contribution in [0.3, 0.4) is 0 Å². The highest BCUT2D eigenvalue weighted by Gasteiger charge is 2.30. The lowest BCUT2D eigenvalue weighted by Gasteiger charge is -2.30. The van der Waals surface area contributed by atoms with Gasteiger partial charge in [0.25, 0.3) is 0 Å². The van der Waals surface area contributed by atoms with Crippen molar-refractivity contribution < 1.29 is 17.5 Å². The Labute approximate surface area is 150 Å². The van der Waals surface area contributed by atoms with Gasteiger partial charge in [0.15, 0.2) is 5.72 Å². The van der Waals surface area contributed by atoms with E-state index in [-0.39, 0.29) is 5.02 Å². The fourth-order valence-electron chi connectivity index (χ4n) is 2.59. The van der Waals surface area contributed by atoms with Crippen molar-refractivity contribution in [3.63, 3.8) is 0 Å². The zero-order valence-corrected chi connectivity index (χ0v) is 15.4. The Morgan fingerprint density at radius 3 is 2.48 bits per heavy atom. The maximum Gasteiger partial charge on any atom is 0.229 e. The minimum atomic E-state index is -3.41.